The van der Waals surface area contributed by atoms with Gasteiger partial charge in [0.25, 0.3) is 0 Å². The van der Waals surface area contributed by atoms with Crippen LogP contribution in [-0.4, -0.2) is 11.6 Å². The second kappa shape index (κ2) is 4.45. The Bertz CT molecular complexity index is 398. The number of amides is 1. The van der Waals surface area contributed by atoms with E-state index in [1.54, 1.807) is 0 Å². The average Bonchev–Trinajstić information content (AvgIpc) is 2.64. The smallest absolute Gasteiger partial charge is 0.245 e. The Kier molecular flexibility index (Phi) is 3.02. The van der Waals surface area contributed by atoms with Crippen molar-refractivity contribution in [2.24, 2.45) is 5.10 Å². The molecule has 4 heteroatoms. The number of hydrogen-bond acceptors (Lipinski definition) is 2. The van der Waals surface area contributed by atoms with Crippen LogP contribution in [0.4, 0.5) is 0 Å². The van der Waals surface area contributed by atoms with Crippen LogP contribution in [0.1, 0.15) is 18.4 Å². The number of hydrazone groups is 1. The molecule has 1 N–H and O–H groups in total. The number of halogens is 1. The molecule has 1 aromatic carbocycles. The number of aryl methyl sites for hydroxylation is 1. The maximum atomic E-state index is 10.9. The van der Waals surface area contributed by atoms with E-state index in [1.807, 2.05) is 24.3 Å². The van der Waals surface area contributed by atoms with Crippen LogP contribution in [-0.2, 0) is 11.2 Å². The van der Waals surface area contributed by atoms with Crippen LogP contribution >= 0.6 is 11.6 Å². The highest BCUT2D eigenvalue weighted by molar-refractivity contribution is 6.30. The van der Waals surface area contributed by atoms with Crippen molar-refractivity contribution in [3.05, 3.63) is 34.9 Å². The van der Waals surface area contributed by atoms with E-state index < -0.39 is 0 Å². The monoisotopic (exact) mass is 222 g/mol. The van der Waals surface area contributed by atoms with Gasteiger partial charge in [-0.2, -0.15) is 5.10 Å². The summed E-state index contributed by atoms with van der Waals surface area (Å²) >= 11 is 5.78. The van der Waals surface area contributed by atoms with Gasteiger partial charge < -0.3 is 0 Å². The van der Waals surface area contributed by atoms with E-state index in [-0.39, 0.29) is 5.91 Å². The second-order valence-electron chi connectivity index (χ2n) is 3.52. The average molecular weight is 223 g/mol. The fourth-order valence-corrected chi connectivity index (χ4v) is 1.62. The Hall–Kier alpha value is -1.35. The summed E-state index contributed by atoms with van der Waals surface area (Å²) in [5, 5.41) is 4.68. The highest BCUT2D eigenvalue weighted by Gasteiger charge is 2.13. The van der Waals surface area contributed by atoms with Crippen molar-refractivity contribution >= 4 is 23.2 Å². The molecular formula is C11H11ClN2O. The zero-order valence-corrected chi connectivity index (χ0v) is 8.92. The third-order valence-electron chi connectivity index (χ3n) is 2.32. The largest absolute Gasteiger partial charge is 0.273 e. The summed E-state index contributed by atoms with van der Waals surface area (Å²) in [6, 6.07) is 7.73. The molecule has 1 aliphatic rings. The summed E-state index contributed by atoms with van der Waals surface area (Å²) in [5.74, 6) is -0.0129. The Balaban J connectivity index is 1.88. The van der Waals surface area contributed by atoms with Gasteiger partial charge in [0.05, 0.1) is 6.42 Å². The Morgan fingerprint density at radius 2 is 2.00 bits per heavy atom. The van der Waals surface area contributed by atoms with E-state index in [9.17, 15) is 4.79 Å². The molecule has 0 saturated heterocycles. The number of benzene rings is 1. The first-order valence-corrected chi connectivity index (χ1v) is 5.20. The maximum Gasteiger partial charge on any atom is 0.245 e. The van der Waals surface area contributed by atoms with Gasteiger partial charge in [0.15, 0.2) is 0 Å². The van der Waals surface area contributed by atoms with Crippen LogP contribution in [0.3, 0.4) is 0 Å². The van der Waals surface area contributed by atoms with Crippen molar-refractivity contribution in [2.75, 3.05) is 0 Å². The van der Waals surface area contributed by atoms with Crippen LogP contribution in [0.2, 0.25) is 5.02 Å². The molecule has 0 spiro atoms. The lowest BCUT2D eigenvalue weighted by Gasteiger charge is -2.00. The molecule has 15 heavy (non-hydrogen) atoms. The van der Waals surface area contributed by atoms with Gasteiger partial charge in [0.2, 0.25) is 5.91 Å². The molecule has 0 bridgehead atoms. The minimum Gasteiger partial charge on any atom is -0.273 e. The molecule has 0 atom stereocenters. The summed E-state index contributed by atoms with van der Waals surface area (Å²) in [6.07, 6.45) is 2.15. The molecular weight excluding hydrogens is 212 g/mol. The first-order valence-electron chi connectivity index (χ1n) is 4.83. The number of nitrogens with zero attached hydrogens (tertiary/aromatic N) is 1. The number of carbonyl (C=O) groups excluding carboxylic acids is 1. The van der Waals surface area contributed by atoms with Crippen molar-refractivity contribution in [2.45, 2.75) is 19.3 Å². The van der Waals surface area contributed by atoms with E-state index in [1.165, 1.54) is 5.56 Å². The van der Waals surface area contributed by atoms with Crippen LogP contribution < -0.4 is 5.43 Å². The van der Waals surface area contributed by atoms with Gasteiger partial charge in [0.1, 0.15) is 0 Å². The molecule has 1 heterocycles. The van der Waals surface area contributed by atoms with Gasteiger partial charge in [-0.3, -0.25) is 4.79 Å². The normalized spacial score (nSPS) is 15.0. The molecule has 1 aliphatic heterocycles. The van der Waals surface area contributed by atoms with Gasteiger partial charge in [-0.15, -0.1) is 0 Å². The van der Waals surface area contributed by atoms with Crippen LogP contribution in [0.5, 0.6) is 0 Å². The SMILES string of the molecule is O=C1CC(CCc2ccc(Cl)cc2)=NN1. The summed E-state index contributed by atoms with van der Waals surface area (Å²) in [7, 11) is 0. The molecule has 0 aromatic heterocycles. The summed E-state index contributed by atoms with van der Waals surface area (Å²) < 4.78 is 0. The quantitative estimate of drug-likeness (QED) is 0.837. The van der Waals surface area contributed by atoms with Gasteiger partial charge in [-0.1, -0.05) is 23.7 Å². The first kappa shape index (κ1) is 10.2. The lowest BCUT2D eigenvalue weighted by molar-refractivity contribution is -0.119. The molecule has 0 saturated carbocycles. The van der Waals surface area contributed by atoms with Crippen LogP contribution in [0, 0.1) is 0 Å². The summed E-state index contributed by atoms with van der Waals surface area (Å²) in [5.41, 5.74) is 4.58. The zero-order valence-electron chi connectivity index (χ0n) is 8.16. The van der Waals surface area contributed by atoms with Crippen molar-refractivity contribution < 1.29 is 4.79 Å². The van der Waals surface area contributed by atoms with E-state index >= 15 is 0 Å². The van der Waals surface area contributed by atoms with Gasteiger partial charge >= 0.3 is 0 Å². The highest BCUT2D eigenvalue weighted by atomic mass is 35.5. The Morgan fingerprint density at radius 3 is 2.60 bits per heavy atom. The molecule has 0 radical (unpaired) electrons. The third kappa shape index (κ3) is 2.80. The lowest BCUT2D eigenvalue weighted by atomic mass is 10.1. The predicted octanol–water partition coefficient (Wildman–Crippen LogP) is 2.15. The number of carbonyl (C=O) groups is 1. The van der Waals surface area contributed by atoms with Gasteiger partial charge in [-0.25, -0.2) is 5.43 Å². The molecule has 1 amide bonds. The second-order valence-corrected chi connectivity index (χ2v) is 3.95. The molecule has 2 rings (SSSR count). The minimum atomic E-state index is -0.0129. The molecule has 1 aromatic rings. The van der Waals surface area contributed by atoms with Gasteiger partial charge in [0, 0.05) is 10.7 Å². The van der Waals surface area contributed by atoms with Crippen molar-refractivity contribution in [3.8, 4) is 0 Å². The fourth-order valence-electron chi connectivity index (χ4n) is 1.49. The minimum absolute atomic E-state index is 0.0129. The highest BCUT2D eigenvalue weighted by Crippen LogP contribution is 2.12. The maximum absolute atomic E-state index is 10.9. The summed E-state index contributed by atoms with van der Waals surface area (Å²) in [6.45, 7) is 0. The van der Waals surface area contributed by atoms with Crippen molar-refractivity contribution in [1.82, 2.24) is 5.43 Å². The molecule has 3 nitrogen and oxygen atoms in total. The van der Waals surface area contributed by atoms with E-state index in [0.717, 1.165) is 23.6 Å². The molecule has 0 fully saturated rings. The van der Waals surface area contributed by atoms with Gasteiger partial charge in [-0.05, 0) is 30.5 Å². The zero-order chi connectivity index (χ0) is 10.7. The van der Waals surface area contributed by atoms with E-state index in [0.29, 0.717) is 6.42 Å². The lowest BCUT2D eigenvalue weighted by Crippen LogP contribution is -2.09. The fraction of sp³-hybridized carbons (Fsp3) is 0.273. The topological polar surface area (TPSA) is 41.5 Å². The molecule has 0 unspecified atom stereocenters. The number of hydrogen-bond donors (Lipinski definition) is 1. The number of nitrogens with one attached hydrogen (secondary N) is 1. The Morgan fingerprint density at radius 1 is 1.27 bits per heavy atom. The van der Waals surface area contributed by atoms with E-state index in [4.69, 9.17) is 11.6 Å². The first-order chi connectivity index (χ1) is 7.24. The third-order valence-corrected chi connectivity index (χ3v) is 2.57. The number of rotatable bonds is 3. The Labute approximate surface area is 93.1 Å². The van der Waals surface area contributed by atoms with Crippen molar-refractivity contribution in [3.63, 3.8) is 0 Å². The molecule has 0 aliphatic carbocycles. The standard InChI is InChI=1S/C11H11ClN2O/c12-9-4-1-8(2-5-9)3-6-10-7-11(15)14-13-10/h1-2,4-5H,3,6-7H2,(H,14,15). The van der Waals surface area contributed by atoms with Crippen LogP contribution in [0.25, 0.3) is 0 Å². The van der Waals surface area contributed by atoms with Crippen molar-refractivity contribution in [1.29, 1.82) is 0 Å². The molecule has 78 valence electrons. The van der Waals surface area contributed by atoms with Crippen LogP contribution in [0.15, 0.2) is 29.4 Å². The van der Waals surface area contributed by atoms with E-state index in [2.05, 4.69) is 10.5 Å². The summed E-state index contributed by atoms with van der Waals surface area (Å²) in [4.78, 5) is 10.9. The predicted molar refractivity (Wildman–Crippen MR) is 60.0 cm³/mol.